The first kappa shape index (κ1) is 17.8. The molecule has 0 radical (unpaired) electrons. The van der Waals surface area contributed by atoms with Crippen LogP contribution in [0.4, 0.5) is 4.79 Å². The van der Waals surface area contributed by atoms with Crippen molar-refractivity contribution in [2.45, 2.75) is 45.6 Å². The third kappa shape index (κ3) is 5.21. The van der Waals surface area contributed by atoms with Gasteiger partial charge in [0, 0.05) is 23.5 Å². The Morgan fingerprint density at radius 2 is 1.95 bits per heavy atom. The van der Waals surface area contributed by atoms with Crippen molar-refractivity contribution in [2.24, 2.45) is 5.73 Å². The molecular weight excluding hydrogens is 288 g/mol. The zero-order valence-electron chi connectivity index (χ0n) is 13.4. The topological polar surface area (TPSA) is 64.3 Å². The van der Waals surface area contributed by atoms with Crippen molar-refractivity contribution in [1.82, 2.24) is 5.32 Å². The van der Waals surface area contributed by atoms with Crippen molar-refractivity contribution in [3.8, 4) is 0 Å². The van der Waals surface area contributed by atoms with E-state index < -0.39 is 17.1 Å². The van der Waals surface area contributed by atoms with Crippen LogP contribution in [0.2, 0.25) is 5.02 Å². The van der Waals surface area contributed by atoms with Gasteiger partial charge < -0.3 is 15.8 Å². The van der Waals surface area contributed by atoms with Crippen LogP contribution in [0.3, 0.4) is 0 Å². The van der Waals surface area contributed by atoms with Crippen molar-refractivity contribution in [3.05, 3.63) is 34.3 Å². The van der Waals surface area contributed by atoms with Gasteiger partial charge >= 0.3 is 6.09 Å². The Morgan fingerprint density at radius 1 is 1.33 bits per heavy atom. The second-order valence-electron chi connectivity index (χ2n) is 6.60. The van der Waals surface area contributed by atoms with Gasteiger partial charge in [-0.1, -0.05) is 36.2 Å². The molecule has 0 aliphatic heterocycles. The van der Waals surface area contributed by atoms with E-state index in [4.69, 9.17) is 22.1 Å². The first-order chi connectivity index (χ1) is 9.57. The zero-order chi connectivity index (χ0) is 16.3. The average molecular weight is 313 g/mol. The van der Waals surface area contributed by atoms with E-state index in [9.17, 15) is 4.79 Å². The van der Waals surface area contributed by atoms with Gasteiger partial charge in [-0.3, -0.25) is 0 Å². The lowest BCUT2D eigenvalue weighted by atomic mass is 9.81. The lowest BCUT2D eigenvalue weighted by Gasteiger charge is -2.30. The van der Waals surface area contributed by atoms with E-state index in [1.165, 1.54) is 0 Å². The molecule has 0 saturated carbocycles. The maximum Gasteiger partial charge on any atom is 0.407 e. The second kappa shape index (κ2) is 6.67. The fourth-order valence-corrected chi connectivity index (χ4v) is 2.31. The second-order valence-corrected chi connectivity index (χ2v) is 7.01. The molecule has 0 fully saturated rings. The summed E-state index contributed by atoms with van der Waals surface area (Å²) in [4.78, 5) is 11.8. The molecule has 0 spiro atoms. The van der Waals surface area contributed by atoms with Gasteiger partial charge in [0.1, 0.15) is 5.60 Å². The van der Waals surface area contributed by atoms with Gasteiger partial charge in [0.25, 0.3) is 0 Å². The first-order valence-corrected chi connectivity index (χ1v) is 7.39. The van der Waals surface area contributed by atoms with Crippen LogP contribution in [0.15, 0.2) is 18.2 Å². The molecule has 1 atom stereocenters. The Bertz CT molecular complexity index is 511. The Hall–Kier alpha value is -1.26. The summed E-state index contributed by atoms with van der Waals surface area (Å²) >= 11 is 6.28. The van der Waals surface area contributed by atoms with Crippen LogP contribution in [0.1, 0.15) is 38.8 Å². The van der Waals surface area contributed by atoms with Gasteiger partial charge in [-0.2, -0.15) is 0 Å². The number of carbonyl (C=O) groups is 1. The summed E-state index contributed by atoms with van der Waals surface area (Å²) in [5.41, 5.74) is 6.99. The van der Waals surface area contributed by atoms with Crippen LogP contribution < -0.4 is 11.1 Å². The third-order valence-corrected chi connectivity index (χ3v) is 3.57. The normalized spacial score (nSPS) is 14.4. The number of benzene rings is 1. The minimum absolute atomic E-state index is 0.363. The molecule has 1 aromatic rings. The number of hydrogen-bond acceptors (Lipinski definition) is 3. The van der Waals surface area contributed by atoms with Crippen molar-refractivity contribution in [2.75, 3.05) is 13.1 Å². The molecule has 1 amide bonds. The number of alkyl carbamates (subject to hydrolysis) is 1. The van der Waals surface area contributed by atoms with Crippen LogP contribution >= 0.6 is 11.6 Å². The van der Waals surface area contributed by atoms with E-state index in [-0.39, 0.29) is 0 Å². The number of nitrogens with one attached hydrogen (secondary N) is 1. The number of carbonyl (C=O) groups excluding carboxylic acids is 1. The molecule has 1 rings (SSSR count). The van der Waals surface area contributed by atoms with E-state index in [2.05, 4.69) is 5.32 Å². The Balaban J connectivity index is 2.86. The summed E-state index contributed by atoms with van der Waals surface area (Å²) in [6, 6.07) is 5.81. The predicted molar refractivity (Wildman–Crippen MR) is 86.8 cm³/mol. The van der Waals surface area contributed by atoms with Crippen molar-refractivity contribution >= 4 is 17.7 Å². The summed E-state index contributed by atoms with van der Waals surface area (Å²) in [6.07, 6.45) is -0.453. The minimum Gasteiger partial charge on any atom is -0.444 e. The molecule has 0 heterocycles. The molecule has 1 unspecified atom stereocenters. The summed E-state index contributed by atoms with van der Waals surface area (Å²) in [6.45, 7) is 10.2. The highest BCUT2D eigenvalue weighted by atomic mass is 35.5. The first-order valence-electron chi connectivity index (χ1n) is 7.01. The van der Waals surface area contributed by atoms with Crippen LogP contribution in [-0.2, 0) is 10.2 Å². The lowest BCUT2D eigenvalue weighted by Crippen LogP contribution is -2.45. The lowest BCUT2D eigenvalue weighted by molar-refractivity contribution is 0.0516. The Labute approximate surface area is 132 Å². The number of nitrogens with two attached hydrogens (primary N) is 1. The van der Waals surface area contributed by atoms with Crippen LogP contribution in [0.25, 0.3) is 0 Å². The highest BCUT2D eigenvalue weighted by Crippen LogP contribution is 2.30. The predicted octanol–water partition coefficient (Wildman–Crippen LogP) is 3.39. The summed E-state index contributed by atoms with van der Waals surface area (Å²) in [5.74, 6) is 0. The molecule has 0 aliphatic rings. The third-order valence-electron chi connectivity index (χ3n) is 3.24. The standard InChI is InChI=1S/C16H25ClN2O2/c1-11-6-7-13(17)12(8-11)16(5,9-18)10-19-14(20)21-15(2,3)4/h6-8H,9-10,18H2,1-5H3,(H,19,20). The van der Waals surface area contributed by atoms with E-state index >= 15 is 0 Å². The molecule has 1 aromatic carbocycles. The maximum absolute atomic E-state index is 11.8. The van der Waals surface area contributed by atoms with Crippen molar-refractivity contribution in [3.63, 3.8) is 0 Å². The molecule has 21 heavy (non-hydrogen) atoms. The van der Waals surface area contributed by atoms with E-state index in [1.54, 1.807) is 0 Å². The van der Waals surface area contributed by atoms with E-state index in [0.717, 1.165) is 11.1 Å². The highest BCUT2D eigenvalue weighted by molar-refractivity contribution is 6.31. The number of hydrogen-bond donors (Lipinski definition) is 2. The monoisotopic (exact) mass is 312 g/mol. The fourth-order valence-electron chi connectivity index (χ4n) is 1.96. The number of rotatable bonds is 4. The van der Waals surface area contributed by atoms with Gasteiger partial charge in [0.05, 0.1) is 0 Å². The summed E-state index contributed by atoms with van der Waals surface area (Å²) in [5, 5.41) is 3.43. The maximum atomic E-state index is 11.8. The van der Waals surface area contributed by atoms with Crippen LogP contribution in [0.5, 0.6) is 0 Å². The van der Waals surface area contributed by atoms with Crippen molar-refractivity contribution < 1.29 is 9.53 Å². The Kier molecular flexibility index (Phi) is 5.65. The van der Waals surface area contributed by atoms with Gasteiger partial charge in [-0.25, -0.2) is 4.79 Å². The molecule has 5 heteroatoms. The molecule has 0 bridgehead atoms. The van der Waals surface area contributed by atoms with Crippen LogP contribution in [-0.4, -0.2) is 24.8 Å². The zero-order valence-corrected chi connectivity index (χ0v) is 14.2. The van der Waals surface area contributed by atoms with E-state index in [1.807, 2.05) is 52.8 Å². The molecule has 0 saturated heterocycles. The summed E-state index contributed by atoms with van der Waals surface area (Å²) < 4.78 is 5.24. The number of halogens is 1. The number of ether oxygens (including phenoxy) is 1. The van der Waals surface area contributed by atoms with Crippen molar-refractivity contribution in [1.29, 1.82) is 0 Å². The summed E-state index contributed by atoms with van der Waals surface area (Å²) in [7, 11) is 0. The molecular formula is C16H25ClN2O2. The largest absolute Gasteiger partial charge is 0.444 e. The molecule has 3 N–H and O–H groups in total. The molecule has 4 nitrogen and oxygen atoms in total. The SMILES string of the molecule is Cc1ccc(Cl)c(C(C)(CN)CNC(=O)OC(C)(C)C)c1. The Morgan fingerprint density at radius 3 is 2.48 bits per heavy atom. The quantitative estimate of drug-likeness (QED) is 0.895. The number of amides is 1. The minimum atomic E-state index is -0.524. The van der Waals surface area contributed by atoms with Gasteiger partial charge in [0.2, 0.25) is 0 Å². The fraction of sp³-hybridized carbons (Fsp3) is 0.562. The average Bonchev–Trinajstić information content (AvgIpc) is 2.37. The van der Waals surface area contributed by atoms with Gasteiger partial charge in [-0.05, 0) is 39.3 Å². The molecule has 0 aliphatic carbocycles. The molecule has 118 valence electrons. The van der Waals surface area contributed by atoms with Crippen LogP contribution in [0, 0.1) is 6.92 Å². The number of aryl methyl sites for hydroxylation is 1. The molecule has 0 aromatic heterocycles. The van der Waals surface area contributed by atoms with E-state index in [0.29, 0.717) is 18.1 Å². The smallest absolute Gasteiger partial charge is 0.407 e. The van der Waals surface area contributed by atoms with Gasteiger partial charge in [-0.15, -0.1) is 0 Å². The highest BCUT2D eigenvalue weighted by Gasteiger charge is 2.29. The van der Waals surface area contributed by atoms with Gasteiger partial charge in [0.15, 0.2) is 0 Å².